The predicted octanol–water partition coefficient (Wildman–Crippen LogP) is 3.39. The maximum atomic E-state index is 12.5. The van der Waals surface area contributed by atoms with E-state index in [4.69, 9.17) is 4.74 Å². The average Bonchev–Trinajstić information content (AvgIpc) is 3.13. The minimum Gasteiger partial charge on any atom is -0.505 e. The van der Waals surface area contributed by atoms with Gasteiger partial charge in [-0.05, 0) is 12.1 Å². The van der Waals surface area contributed by atoms with Crippen molar-refractivity contribution in [1.82, 2.24) is 19.7 Å². The van der Waals surface area contributed by atoms with Crippen LogP contribution in [0.25, 0.3) is 11.4 Å². The first-order chi connectivity index (χ1) is 13.4. The lowest BCUT2D eigenvalue weighted by Crippen LogP contribution is -2.14. The SMILES string of the molecule is O=Cc1c(O)cncc1OCc1cccnc1-c1ccnn1CCC(F)(F)F. The monoisotopic (exact) mass is 392 g/mol. The topological polar surface area (TPSA) is 90.1 Å². The van der Waals surface area contributed by atoms with Crippen molar-refractivity contribution >= 4 is 6.29 Å². The van der Waals surface area contributed by atoms with E-state index in [2.05, 4.69) is 15.1 Å². The molecule has 0 fully saturated rings. The zero-order valence-corrected chi connectivity index (χ0v) is 14.4. The van der Waals surface area contributed by atoms with Crippen molar-refractivity contribution in [1.29, 1.82) is 0 Å². The fourth-order valence-corrected chi connectivity index (χ4v) is 2.56. The van der Waals surface area contributed by atoms with Crippen LogP contribution >= 0.6 is 0 Å². The Balaban J connectivity index is 1.85. The molecular weight excluding hydrogens is 377 g/mol. The van der Waals surface area contributed by atoms with Crippen LogP contribution in [0.1, 0.15) is 22.3 Å². The molecule has 28 heavy (non-hydrogen) atoms. The first-order valence-electron chi connectivity index (χ1n) is 8.17. The number of carbonyl (C=O) groups excluding carboxylic acids is 1. The molecule has 3 rings (SSSR count). The van der Waals surface area contributed by atoms with Gasteiger partial charge >= 0.3 is 6.18 Å². The fourth-order valence-electron chi connectivity index (χ4n) is 2.56. The Morgan fingerprint density at radius 3 is 2.79 bits per heavy atom. The fraction of sp³-hybridized carbons (Fsp3) is 0.222. The lowest BCUT2D eigenvalue weighted by molar-refractivity contribution is -0.137. The van der Waals surface area contributed by atoms with Crippen molar-refractivity contribution in [2.45, 2.75) is 25.7 Å². The molecule has 0 radical (unpaired) electrons. The van der Waals surface area contributed by atoms with Gasteiger partial charge in [-0.1, -0.05) is 6.07 Å². The Morgan fingerprint density at radius 1 is 1.21 bits per heavy atom. The van der Waals surface area contributed by atoms with Crippen LogP contribution in [0.2, 0.25) is 0 Å². The van der Waals surface area contributed by atoms with Crippen molar-refractivity contribution in [3.63, 3.8) is 0 Å². The van der Waals surface area contributed by atoms with Crippen LogP contribution in [0.15, 0.2) is 43.0 Å². The van der Waals surface area contributed by atoms with Gasteiger partial charge in [-0.3, -0.25) is 19.4 Å². The number of nitrogens with zero attached hydrogens (tertiary/aromatic N) is 4. The number of carbonyl (C=O) groups is 1. The number of hydrogen-bond acceptors (Lipinski definition) is 6. The minimum absolute atomic E-state index is 0.0421. The van der Waals surface area contributed by atoms with Gasteiger partial charge in [-0.15, -0.1) is 0 Å². The van der Waals surface area contributed by atoms with Crippen LogP contribution in [-0.2, 0) is 13.2 Å². The summed E-state index contributed by atoms with van der Waals surface area (Å²) in [6, 6.07) is 4.91. The number of hydrogen-bond donors (Lipinski definition) is 1. The van der Waals surface area contributed by atoms with Gasteiger partial charge in [-0.2, -0.15) is 18.3 Å². The van der Waals surface area contributed by atoms with E-state index in [-0.39, 0.29) is 30.2 Å². The summed E-state index contributed by atoms with van der Waals surface area (Å²) >= 11 is 0. The molecule has 0 atom stereocenters. The molecule has 10 heteroatoms. The molecule has 1 N–H and O–H groups in total. The normalized spacial score (nSPS) is 11.4. The van der Waals surface area contributed by atoms with E-state index in [1.807, 2.05) is 0 Å². The van der Waals surface area contributed by atoms with Gasteiger partial charge in [0.1, 0.15) is 17.9 Å². The lowest BCUT2D eigenvalue weighted by Gasteiger charge is -2.13. The summed E-state index contributed by atoms with van der Waals surface area (Å²) in [6.07, 6.45) is 0.438. The molecule has 3 aromatic rings. The molecule has 3 aromatic heterocycles. The van der Waals surface area contributed by atoms with E-state index < -0.39 is 12.6 Å². The summed E-state index contributed by atoms with van der Waals surface area (Å²) in [7, 11) is 0. The van der Waals surface area contributed by atoms with E-state index in [0.717, 1.165) is 6.20 Å². The zero-order chi connectivity index (χ0) is 20.1. The Hall–Kier alpha value is -3.43. The summed E-state index contributed by atoms with van der Waals surface area (Å²) in [5, 5.41) is 13.6. The molecule has 0 unspecified atom stereocenters. The van der Waals surface area contributed by atoms with E-state index in [0.29, 0.717) is 23.2 Å². The highest BCUT2D eigenvalue weighted by atomic mass is 19.4. The number of pyridine rings is 2. The molecule has 7 nitrogen and oxygen atoms in total. The molecular formula is C18H15F3N4O3. The standard InChI is InChI=1S/C18H15F3N4O3/c19-18(20,21)4-7-25-14(3-6-24-25)17-12(2-1-5-23-17)11-28-16-9-22-8-15(27)13(16)10-26/h1-3,5-6,8-10,27H,4,7,11H2. The third kappa shape index (κ3) is 4.45. The van der Waals surface area contributed by atoms with Crippen LogP contribution in [0, 0.1) is 0 Å². The molecule has 0 aliphatic carbocycles. The summed E-state index contributed by atoms with van der Waals surface area (Å²) < 4.78 is 44.4. The van der Waals surface area contributed by atoms with Crippen molar-refractivity contribution in [2.75, 3.05) is 0 Å². The quantitative estimate of drug-likeness (QED) is 0.620. The Bertz CT molecular complexity index is 973. The second kappa shape index (κ2) is 8.07. The van der Waals surface area contributed by atoms with Crippen molar-refractivity contribution < 1.29 is 27.8 Å². The Labute approximate surface area is 157 Å². The van der Waals surface area contributed by atoms with Crippen LogP contribution in [0.4, 0.5) is 13.2 Å². The molecule has 0 saturated heterocycles. The largest absolute Gasteiger partial charge is 0.505 e. The number of aromatic hydroxyl groups is 1. The molecule has 0 spiro atoms. The summed E-state index contributed by atoms with van der Waals surface area (Å²) in [4.78, 5) is 19.1. The summed E-state index contributed by atoms with van der Waals surface area (Å²) in [5.74, 6) is -0.237. The molecule has 0 amide bonds. The number of alkyl halides is 3. The molecule has 0 aromatic carbocycles. The highest BCUT2D eigenvalue weighted by Gasteiger charge is 2.27. The number of halogens is 3. The second-order valence-corrected chi connectivity index (χ2v) is 5.79. The van der Waals surface area contributed by atoms with E-state index >= 15 is 0 Å². The van der Waals surface area contributed by atoms with E-state index in [9.17, 15) is 23.1 Å². The van der Waals surface area contributed by atoms with Crippen LogP contribution in [-0.4, -0.2) is 37.3 Å². The van der Waals surface area contributed by atoms with Gasteiger partial charge in [0.05, 0.1) is 36.7 Å². The van der Waals surface area contributed by atoms with Gasteiger partial charge < -0.3 is 9.84 Å². The summed E-state index contributed by atoms with van der Waals surface area (Å²) in [5.41, 5.74) is 1.34. The maximum absolute atomic E-state index is 12.5. The third-order valence-corrected chi connectivity index (χ3v) is 3.89. The van der Waals surface area contributed by atoms with E-state index in [1.54, 1.807) is 18.2 Å². The molecule has 0 bridgehead atoms. The first-order valence-corrected chi connectivity index (χ1v) is 8.17. The summed E-state index contributed by atoms with van der Waals surface area (Å²) in [6.45, 7) is -0.381. The van der Waals surface area contributed by atoms with Gasteiger partial charge in [0.15, 0.2) is 12.0 Å². The van der Waals surface area contributed by atoms with Gasteiger partial charge in [-0.25, -0.2) is 0 Å². The Kier molecular flexibility index (Phi) is 5.57. The van der Waals surface area contributed by atoms with Gasteiger partial charge in [0.25, 0.3) is 0 Å². The molecule has 146 valence electrons. The highest BCUT2D eigenvalue weighted by molar-refractivity contribution is 5.82. The van der Waals surface area contributed by atoms with Crippen molar-refractivity contribution in [3.8, 4) is 22.9 Å². The predicted molar refractivity (Wildman–Crippen MR) is 91.8 cm³/mol. The van der Waals surface area contributed by atoms with E-state index in [1.165, 1.54) is 23.3 Å². The maximum Gasteiger partial charge on any atom is 0.390 e. The van der Waals surface area contributed by atoms with Gasteiger partial charge in [0, 0.05) is 18.0 Å². The number of ether oxygens (including phenoxy) is 1. The second-order valence-electron chi connectivity index (χ2n) is 5.79. The van der Waals surface area contributed by atoms with Gasteiger partial charge in [0.2, 0.25) is 0 Å². The highest BCUT2D eigenvalue weighted by Crippen LogP contribution is 2.28. The Morgan fingerprint density at radius 2 is 2.04 bits per heavy atom. The molecule has 0 saturated carbocycles. The van der Waals surface area contributed by atoms with Crippen molar-refractivity contribution in [3.05, 3.63) is 54.1 Å². The number of aromatic nitrogens is 4. The smallest absolute Gasteiger partial charge is 0.390 e. The molecule has 3 heterocycles. The molecule has 0 aliphatic rings. The number of aryl methyl sites for hydroxylation is 1. The third-order valence-electron chi connectivity index (χ3n) is 3.89. The first kappa shape index (κ1) is 19.3. The van der Waals surface area contributed by atoms with Crippen LogP contribution < -0.4 is 4.74 Å². The number of aldehydes is 1. The van der Waals surface area contributed by atoms with Crippen LogP contribution in [0.3, 0.4) is 0 Å². The number of rotatable bonds is 7. The lowest BCUT2D eigenvalue weighted by atomic mass is 10.1. The average molecular weight is 392 g/mol. The van der Waals surface area contributed by atoms with Crippen molar-refractivity contribution in [2.24, 2.45) is 0 Å². The zero-order valence-electron chi connectivity index (χ0n) is 14.4. The van der Waals surface area contributed by atoms with Crippen LogP contribution in [0.5, 0.6) is 11.5 Å². The minimum atomic E-state index is -4.30. The molecule has 0 aliphatic heterocycles.